The van der Waals surface area contributed by atoms with Crippen LogP contribution in [0.25, 0.3) is 0 Å². The van der Waals surface area contributed by atoms with Crippen LogP contribution in [0.15, 0.2) is 39.7 Å². The Morgan fingerprint density at radius 1 is 1.29 bits per heavy atom. The summed E-state index contributed by atoms with van der Waals surface area (Å²) in [6.45, 7) is 1.82. The third-order valence-electron chi connectivity index (χ3n) is 3.12. The molecule has 106 valence electrons. The number of hydrogen-bond donors (Lipinski definition) is 0. The summed E-state index contributed by atoms with van der Waals surface area (Å²) in [6, 6.07) is 8.86. The number of benzene rings is 1. The molecule has 5 nitrogen and oxygen atoms in total. The number of fused-ring (bicyclic) bond motifs is 1. The van der Waals surface area contributed by atoms with Gasteiger partial charge in [-0.1, -0.05) is 25.1 Å². The molecular weight excluding hydrogens is 292 g/mol. The van der Waals surface area contributed by atoms with E-state index in [9.17, 15) is 9.59 Å². The van der Waals surface area contributed by atoms with Gasteiger partial charge in [0.1, 0.15) is 11.1 Å². The number of nitrogens with zero attached hydrogens (tertiary/aromatic N) is 2. The van der Waals surface area contributed by atoms with Gasteiger partial charge in [-0.3, -0.25) is 9.59 Å². The van der Waals surface area contributed by atoms with Crippen LogP contribution in [-0.2, 0) is 6.42 Å². The highest BCUT2D eigenvalue weighted by Gasteiger charge is 2.41. The molecule has 0 fully saturated rings. The average molecular weight is 303 g/mol. The molecule has 0 aliphatic heterocycles. The first-order valence-corrected chi connectivity index (χ1v) is 6.91. The molecule has 0 saturated heterocycles. The van der Waals surface area contributed by atoms with Crippen LogP contribution in [0.2, 0.25) is 0 Å². The van der Waals surface area contributed by atoms with E-state index < -0.39 is 16.9 Å². The first-order valence-electron chi connectivity index (χ1n) is 6.48. The molecule has 0 N–H and O–H groups in total. The molecule has 1 aliphatic rings. The molecule has 6 heteroatoms. The van der Waals surface area contributed by atoms with Crippen molar-refractivity contribution in [2.75, 3.05) is 0 Å². The smallest absolute Gasteiger partial charge is 0.231 e. The number of hydrogen-bond acceptors (Lipinski definition) is 5. The van der Waals surface area contributed by atoms with Crippen LogP contribution in [-0.4, -0.2) is 27.6 Å². The summed E-state index contributed by atoms with van der Waals surface area (Å²) in [5.41, 5.74) is 0.543. The number of halogens is 1. The third-order valence-corrected chi connectivity index (χ3v) is 3.53. The van der Waals surface area contributed by atoms with E-state index in [-0.39, 0.29) is 17.2 Å². The molecule has 1 aliphatic carbocycles. The molecular formula is C15H11ClN2O3. The number of aromatic nitrogens is 1. The van der Waals surface area contributed by atoms with Gasteiger partial charge in [0.25, 0.3) is 0 Å². The molecule has 21 heavy (non-hydrogen) atoms. The van der Waals surface area contributed by atoms with Crippen molar-refractivity contribution in [3.8, 4) is 0 Å². The van der Waals surface area contributed by atoms with Crippen molar-refractivity contribution in [1.82, 2.24) is 4.98 Å². The Labute approximate surface area is 125 Å². The van der Waals surface area contributed by atoms with Gasteiger partial charge in [-0.15, -0.1) is 11.6 Å². The normalized spacial score (nSPS) is 19.9. The summed E-state index contributed by atoms with van der Waals surface area (Å²) in [4.78, 5) is 32.9. The molecule has 1 aromatic heterocycles. The number of oxazole rings is 1. The maximum Gasteiger partial charge on any atom is 0.231 e. The Balaban J connectivity index is 2.10. The Morgan fingerprint density at radius 2 is 2.00 bits per heavy atom. The Kier molecular flexibility index (Phi) is 3.43. The van der Waals surface area contributed by atoms with Gasteiger partial charge in [0.2, 0.25) is 17.3 Å². The van der Waals surface area contributed by atoms with Crippen LogP contribution in [0.3, 0.4) is 0 Å². The lowest BCUT2D eigenvalue weighted by Gasteiger charge is -2.14. The Hall–Kier alpha value is -2.27. The van der Waals surface area contributed by atoms with E-state index in [1.807, 2.05) is 13.0 Å². The quantitative estimate of drug-likeness (QED) is 0.799. The first kappa shape index (κ1) is 13.7. The molecule has 1 heterocycles. The molecule has 3 rings (SSSR count). The van der Waals surface area contributed by atoms with E-state index in [2.05, 4.69) is 9.98 Å². The highest BCUT2D eigenvalue weighted by Crippen LogP contribution is 2.26. The van der Waals surface area contributed by atoms with E-state index in [4.69, 9.17) is 16.0 Å². The monoisotopic (exact) mass is 302 g/mol. The molecule has 0 spiro atoms. The van der Waals surface area contributed by atoms with Crippen molar-refractivity contribution < 1.29 is 14.0 Å². The maximum atomic E-state index is 12.4. The van der Waals surface area contributed by atoms with Gasteiger partial charge < -0.3 is 4.42 Å². The van der Waals surface area contributed by atoms with Crippen LogP contribution in [0.4, 0.5) is 5.69 Å². The highest BCUT2D eigenvalue weighted by molar-refractivity contribution is 6.64. The second-order valence-electron chi connectivity index (χ2n) is 4.53. The number of carbonyl (C=O) groups excluding carboxylic acids is 2. The topological polar surface area (TPSA) is 72.5 Å². The Morgan fingerprint density at radius 3 is 2.67 bits per heavy atom. The lowest BCUT2D eigenvalue weighted by atomic mass is 9.96. The third kappa shape index (κ3) is 2.29. The van der Waals surface area contributed by atoms with E-state index >= 15 is 0 Å². The summed E-state index contributed by atoms with van der Waals surface area (Å²) in [5, 5.41) is -1.15. The predicted molar refractivity (Wildman–Crippen MR) is 77.7 cm³/mol. The number of ketones is 2. The zero-order valence-corrected chi connectivity index (χ0v) is 11.9. The van der Waals surface area contributed by atoms with Gasteiger partial charge in [0, 0.05) is 6.42 Å². The van der Waals surface area contributed by atoms with Gasteiger partial charge in [0.15, 0.2) is 11.6 Å². The van der Waals surface area contributed by atoms with Gasteiger partial charge >= 0.3 is 0 Å². The number of aryl methyl sites for hydroxylation is 1. The van der Waals surface area contributed by atoms with Gasteiger partial charge in [0.05, 0.1) is 5.69 Å². The summed E-state index contributed by atoms with van der Waals surface area (Å²) < 4.78 is 5.29. The van der Waals surface area contributed by atoms with Gasteiger partial charge in [-0.25, -0.2) is 9.98 Å². The fourth-order valence-corrected chi connectivity index (χ4v) is 2.31. The molecule has 2 aromatic rings. The molecule has 1 aromatic carbocycles. The number of aliphatic imine (C=N–C) groups is 1. The number of Topliss-reactive ketones (excluding diaryl/α,β-unsaturated/α-hetero) is 2. The second kappa shape index (κ2) is 5.26. The van der Waals surface area contributed by atoms with Gasteiger partial charge in [-0.2, -0.15) is 0 Å². The van der Waals surface area contributed by atoms with Crippen molar-refractivity contribution >= 4 is 34.6 Å². The van der Waals surface area contributed by atoms with Gasteiger partial charge in [-0.05, 0) is 12.1 Å². The van der Waals surface area contributed by atoms with E-state index in [1.54, 1.807) is 24.3 Å². The predicted octanol–water partition coefficient (Wildman–Crippen LogP) is 3.00. The highest BCUT2D eigenvalue weighted by atomic mass is 35.5. The molecule has 1 unspecified atom stereocenters. The first-order chi connectivity index (χ1) is 10.1. The van der Waals surface area contributed by atoms with Crippen molar-refractivity contribution in [2.24, 2.45) is 4.99 Å². The molecule has 0 radical (unpaired) electrons. The largest absolute Gasteiger partial charge is 0.437 e. The van der Waals surface area contributed by atoms with Crippen LogP contribution in [0.5, 0.6) is 0 Å². The molecule has 0 bridgehead atoms. The van der Waals surface area contributed by atoms with Crippen LogP contribution < -0.4 is 0 Å². The van der Waals surface area contributed by atoms with Crippen LogP contribution >= 0.6 is 11.6 Å². The fourth-order valence-electron chi connectivity index (χ4n) is 2.06. The molecule has 0 amide bonds. The summed E-state index contributed by atoms with van der Waals surface area (Å²) in [5.74, 6) is -0.666. The maximum absolute atomic E-state index is 12.4. The van der Waals surface area contributed by atoms with E-state index in [0.717, 1.165) is 0 Å². The number of para-hydroxylation sites is 1. The lowest BCUT2D eigenvalue weighted by Crippen LogP contribution is -2.37. The van der Waals surface area contributed by atoms with Crippen molar-refractivity contribution in [1.29, 1.82) is 0 Å². The minimum absolute atomic E-state index is 0.00318. The standard InChI is InChI=1S/C15H11ClN2O3/c1-2-9-18-12-14(20)11(10(16)13(19)15(12)21-9)17-8-6-4-3-5-7-8/h3-7,10H,2H2,1H3. The number of carbonyl (C=O) groups is 2. The summed E-state index contributed by atoms with van der Waals surface area (Å²) in [7, 11) is 0. The minimum atomic E-state index is -1.15. The Bertz CT molecular complexity index is 750. The fraction of sp³-hybridized carbons (Fsp3) is 0.200. The SMILES string of the molecule is CCc1nc2c(o1)C(=O)C(Cl)C(=Nc1ccccc1)C2=O. The van der Waals surface area contributed by atoms with Crippen molar-refractivity contribution in [2.45, 2.75) is 18.7 Å². The van der Waals surface area contributed by atoms with Crippen LogP contribution in [0, 0.1) is 0 Å². The minimum Gasteiger partial charge on any atom is -0.437 e. The van der Waals surface area contributed by atoms with Crippen LogP contribution in [0.1, 0.15) is 33.9 Å². The van der Waals surface area contributed by atoms with E-state index in [1.165, 1.54) is 0 Å². The molecule has 1 atom stereocenters. The summed E-state index contributed by atoms with van der Waals surface area (Å²) >= 11 is 6.07. The van der Waals surface area contributed by atoms with Crippen molar-refractivity contribution in [3.63, 3.8) is 0 Å². The second-order valence-corrected chi connectivity index (χ2v) is 4.96. The lowest BCUT2D eigenvalue weighted by molar-refractivity contribution is 0.0942. The average Bonchev–Trinajstić information content (AvgIpc) is 2.95. The van der Waals surface area contributed by atoms with Crippen molar-refractivity contribution in [3.05, 3.63) is 47.7 Å². The zero-order chi connectivity index (χ0) is 15.0. The zero-order valence-electron chi connectivity index (χ0n) is 11.2. The van der Waals surface area contributed by atoms with E-state index in [0.29, 0.717) is 18.0 Å². The number of alkyl halides is 1. The summed E-state index contributed by atoms with van der Waals surface area (Å²) in [6.07, 6.45) is 0.492. The molecule has 0 saturated carbocycles. The number of rotatable bonds is 2.